The molecule has 0 aliphatic rings. The fourth-order valence-electron chi connectivity index (χ4n) is 1.90. The molecule has 0 fully saturated rings. The van der Waals surface area contributed by atoms with E-state index in [0.29, 0.717) is 11.3 Å². The standard InChI is InChI=1S/C13H17Cl2NO3S/c1-4-9(5-2)13(17)16-12-8(3)6-10(7-11(12)14)20(15,18)19/h6-7,9H,4-5H2,1-3H3,(H,16,17). The first-order valence-electron chi connectivity index (χ1n) is 6.26. The number of amides is 1. The first kappa shape index (κ1) is 17.3. The lowest BCUT2D eigenvalue weighted by Gasteiger charge is -2.16. The first-order chi connectivity index (χ1) is 9.20. The summed E-state index contributed by atoms with van der Waals surface area (Å²) in [6.07, 6.45) is 1.46. The van der Waals surface area contributed by atoms with E-state index in [2.05, 4.69) is 5.32 Å². The normalized spacial score (nSPS) is 11.7. The summed E-state index contributed by atoms with van der Waals surface area (Å²) in [4.78, 5) is 12.0. The monoisotopic (exact) mass is 337 g/mol. The second-order valence-corrected chi connectivity index (χ2v) is 7.51. The van der Waals surface area contributed by atoms with Crippen molar-refractivity contribution in [3.8, 4) is 0 Å². The molecule has 0 saturated carbocycles. The van der Waals surface area contributed by atoms with Crippen LogP contribution in [0.5, 0.6) is 0 Å². The van der Waals surface area contributed by atoms with Gasteiger partial charge in [-0.25, -0.2) is 8.42 Å². The maximum Gasteiger partial charge on any atom is 0.261 e. The number of hydrogen-bond acceptors (Lipinski definition) is 3. The van der Waals surface area contributed by atoms with E-state index in [0.717, 1.165) is 12.8 Å². The number of rotatable bonds is 5. The van der Waals surface area contributed by atoms with Gasteiger partial charge in [-0.15, -0.1) is 0 Å². The van der Waals surface area contributed by atoms with E-state index in [-0.39, 0.29) is 21.7 Å². The van der Waals surface area contributed by atoms with Crippen LogP contribution in [0.2, 0.25) is 5.02 Å². The molecule has 0 unspecified atom stereocenters. The average Bonchev–Trinajstić information content (AvgIpc) is 2.33. The quantitative estimate of drug-likeness (QED) is 0.827. The highest BCUT2D eigenvalue weighted by atomic mass is 35.7. The van der Waals surface area contributed by atoms with Crippen LogP contribution in [0.15, 0.2) is 17.0 Å². The molecule has 1 rings (SSSR count). The summed E-state index contributed by atoms with van der Waals surface area (Å²) in [7, 11) is 1.44. The fraction of sp³-hybridized carbons (Fsp3) is 0.462. The number of hydrogen-bond donors (Lipinski definition) is 1. The summed E-state index contributed by atoms with van der Waals surface area (Å²) in [5, 5.41) is 2.91. The van der Waals surface area contributed by atoms with Gasteiger partial charge in [0.05, 0.1) is 15.6 Å². The second-order valence-electron chi connectivity index (χ2n) is 4.54. The minimum atomic E-state index is -3.84. The fourth-order valence-corrected chi connectivity index (χ4v) is 3.12. The first-order valence-corrected chi connectivity index (χ1v) is 8.95. The molecule has 1 aromatic carbocycles. The summed E-state index contributed by atoms with van der Waals surface area (Å²) in [6.45, 7) is 5.54. The number of aryl methyl sites for hydroxylation is 1. The molecule has 4 nitrogen and oxygen atoms in total. The lowest BCUT2D eigenvalue weighted by Crippen LogP contribution is -2.22. The molecule has 0 spiro atoms. The molecule has 0 bridgehead atoms. The van der Waals surface area contributed by atoms with E-state index in [1.807, 2.05) is 13.8 Å². The Morgan fingerprint density at radius 2 is 1.85 bits per heavy atom. The summed E-state index contributed by atoms with van der Waals surface area (Å²) in [5.41, 5.74) is 0.976. The zero-order chi connectivity index (χ0) is 15.5. The zero-order valence-corrected chi connectivity index (χ0v) is 13.9. The predicted octanol–water partition coefficient (Wildman–Crippen LogP) is 3.95. The van der Waals surface area contributed by atoms with Crippen LogP contribution in [-0.4, -0.2) is 14.3 Å². The molecule has 1 N–H and O–H groups in total. The van der Waals surface area contributed by atoms with Crippen LogP contribution in [0.25, 0.3) is 0 Å². The van der Waals surface area contributed by atoms with Gasteiger partial charge in [-0.3, -0.25) is 4.79 Å². The van der Waals surface area contributed by atoms with Crippen molar-refractivity contribution in [3.63, 3.8) is 0 Å². The van der Waals surface area contributed by atoms with Crippen molar-refractivity contribution in [1.29, 1.82) is 0 Å². The Morgan fingerprint density at radius 3 is 2.25 bits per heavy atom. The van der Waals surface area contributed by atoms with Gasteiger partial charge in [0.2, 0.25) is 5.91 Å². The van der Waals surface area contributed by atoms with Gasteiger partial charge in [0.25, 0.3) is 9.05 Å². The maximum atomic E-state index is 12.0. The second kappa shape index (κ2) is 6.78. The van der Waals surface area contributed by atoms with Crippen molar-refractivity contribution in [2.75, 3.05) is 5.32 Å². The van der Waals surface area contributed by atoms with E-state index < -0.39 is 9.05 Å². The molecule has 0 heterocycles. The van der Waals surface area contributed by atoms with Crippen LogP contribution >= 0.6 is 22.3 Å². The van der Waals surface area contributed by atoms with Gasteiger partial charge < -0.3 is 5.32 Å². The summed E-state index contributed by atoms with van der Waals surface area (Å²) < 4.78 is 22.6. The predicted molar refractivity (Wildman–Crippen MR) is 81.9 cm³/mol. The van der Waals surface area contributed by atoms with Gasteiger partial charge >= 0.3 is 0 Å². The minimum Gasteiger partial charge on any atom is -0.324 e. The van der Waals surface area contributed by atoms with Crippen LogP contribution in [-0.2, 0) is 13.8 Å². The molecular formula is C13H17Cl2NO3S. The third kappa shape index (κ3) is 4.11. The molecule has 7 heteroatoms. The minimum absolute atomic E-state index is 0.0813. The van der Waals surface area contributed by atoms with E-state index >= 15 is 0 Å². The van der Waals surface area contributed by atoms with Crippen LogP contribution in [0.3, 0.4) is 0 Å². The molecule has 0 saturated heterocycles. The van der Waals surface area contributed by atoms with Crippen molar-refractivity contribution in [2.45, 2.75) is 38.5 Å². The van der Waals surface area contributed by atoms with Gasteiger partial charge in [-0.1, -0.05) is 25.4 Å². The van der Waals surface area contributed by atoms with Crippen LogP contribution < -0.4 is 5.32 Å². The van der Waals surface area contributed by atoms with Crippen molar-refractivity contribution in [3.05, 3.63) is 22.7 Å². The van der Waals surface area contributed by atoms with E-state index in [1.165, 1.54) is 12.1 Å². The average molecular weight is 338 g/mol. The molecule has 112 valence electrons. The summed E-state index contributed by atoms with van der Waals surface area (Å²) in [6, 6.07) is 2.62. The molecule has 0 radical (unpaired) electrons. The lowest BCUT2D eigenvalue weighted by molar-refractivity contribution is -0.120. The largest absolute Gasteiger partial charge is 0.324 e. The van der Waals surface area contributed by atoms with E-state index in [9.17, 15) is 13.2 Å². The van der Waals surface area contributed by atoms with Gasteiger partial charge in [0, 0.05) is 16.6 Å². The molecule has 0 aliphatic carbocycles. The van der Waals surface area contributed by atoms with Gasteiger partial charge in [0.1, 0.15) is 0 Å². The van der Waals surface area contributed by atoms with Crippen molar-refractivity contribution in [2.24, 2.45) is 5.92 Å². The van der Waals surface area contributed by atoms with Crippen molar-refractivity contribution in [1.82, 2.24) is 0 Å². The lowest BCUT2D eigenvalue weighted by atomic mass is 10.0. The van der Waals surface area contributed by atoms with Crippen LogP contribution in [0.4, 0.5) is 5.69 Å². The van der Waals surface area contributed by atoms with E-state index in [1.54, 1.807) is 6.92 Å². The van der Waals surface area contributed by atoms with Crippen molar-refractivity contribution < 1.29 is 13.2 Å². The molecule has 20 heavy (non-hydrogen) atoms. The highest BCUT2D eigenvalue weighted by molar-refractivity contribution is 8.13. The van der Waals surface area contributed by atoms with Gasteiger partial charge in [-0.05, 0) is 37.5 Å². The molecule has 1 aromatic rings. The number of anilines is 1. The Hall–Kier alpha value is -0.780. The SMILES string of the molecule is CCC(CC)C(=O)Nc1c(C)cc(S(=O)(=O)Cl)cc1Cl. The van der Waals surface area contributed by atoms with Crippen LogP contribution in [0, 0.1) is 12.8 Å². The third-order valence-electron chi connectivity index (χ3n) is 3.15. The Kier molecular flexibility index (Phi) is 5.86. The number of halogens is 2. The van der Waals surface area contributed by atoms with Crippen molar-refractivity contribution >= 4 is 42.9 Å². The van der Waals surface area contributed by atoms with Crippen LogP contribution in [0.1, 0.15) is 32.3 Å². The Bertz CT molecular complexity index is 587. The van der Waals surface area contributed by atoms with Gasteiger partial charge in [0.15, 0.2) is 0 Å². The molecule has 0 atom stereocenters. The number of carbonyl (C=O) groups excluding carboxylic acids is 1. The Balaban J connectivity index is 3.13. The zero-order valence-electron chi connectivity index (χ0n) is 11.5. The number of nitrogens with one attached hydrogen (secondary N) is 1. The highest BCUT2D eigenvalue weighted by Gasteiger charge is 2.19. The Labute approximate surface area is 128 Å². The van der Waals surface area contributed by atoms with Gasteiger partial charge in [-0.2, -0.15) is 0 Å². The molecule has 0 aliphatic heterocycles. The third-order valence-corrected chi connectivity index (χ3v) is 4.78. The number of carbonyl (C=O) groups is 1. The highest BCUT2D eigenvalue weighted by Crippen LogP contribution is 2.31. The Morgan fingerprint density at radius 1 is 1.30 bits per heavy atom. The summed E-state index contributed by atoms with van der Waals surface area (Å²) in [5.74, 6) is -0.219. The topological polar surface area (TPSA) is 63.2 Å². The maximum absolute atomic E-state index is 12.0. The molecule has 1 amide bonds. The number of benzene rings is 1. The molecule has 0 aromatic heterocycles. The summed E-state index contributed by atoms with van der Waals surface area (Å²) >= 11 is 6.04. The smallest absolute Gasteiger partial charge is 0.261 e. The van der Waals surface area contributed by atoms with E-state index in [4.69, 9.17) is 22.3 Å². The molecular weight excluding hydrogens is 321 g/mol.